The summed E-state index contributed by atoms with van der Waals surface area (Å²) in [7, 11) is 0. The van der Waals surface area contributed by atoms with Gasteiger partial charge in [0, 0.05) is 5.56 Å². The van der Waals surface area contributed by atoms with Gasteiger partial charge in [-0.05, 0) is 32.0 Å². The topological polar surface area (TPSA) is 80.9 Å². The summed E-state index contributed by atoms with van der Waals surface area (Å²) in [6, 6.07) is 13.6. The fourth-order valence-electron chi connectivity index (χ4n) is 2.68. The molecule has 2 aromatic heterocycles. The van der Waals surface area contributed by atoms with Gasteiger partial charge < -0.3 is 4.52 Å². The summed E-state index contributed by atoms with van der Waals surface area (Å²) in [5.74, 6) is -0.362. The Hall–Kier alpha value is -3.39. The largest absolute Gasteiger partial charge is 0.333 e. The number of anilines is 1. The van der Waals surface area contributed by atoms with Crippen molar-refractivity contribution in [2.24, 2.45) is 0 Å². The van der Waals surface area contributed by atoms with E-state index in [0.29, 0.717) is 27.4 Å². The number of thiazole rings is 1. The van der Waals surface area contributed by atoms with E-state index in [2.05, 4.69) is 20.4 Å². The van der Waals surface area contributed by atoms with Crippen LogP contribution in [0.1, 0.15) is 21.6 Å². The molecule has 8 heteroatoms. The molecule has 0 aliphatic heterocycles. The van der Waals surface area contributed by atoms with Crippen LogP contribution in [0.15, 0.2) is 53.1 Å². The molecule has 0 aliphatic rings. The monoisotopic (exact) mass is 394 g/mol. The van der Waals surface area contributed by atoms with Crippen molar-refractivity contribution in [3.8, 4) is 22.2 Å². The van der Waals surface area contributed by atoms with Gasteiger partial charge in [-0.25, -0.2) is 9.37 Å². The van der Waals surface area contributed by atoms with Crippen molar-refractivity contribution >= 4 is 22.4 Å². The predicted octanol–water partition coefficient (Wildman–Crippen LogP) is 4.87. The molecule has 0 saturated carbocycles. The van der Waals surface area contributed by atoms with Crippen LogP contribution in [-0.2, 0) is 0 Å². The van der Waals surface area contributed by atoms with Gasteiger partial charge in [0.2, 0.25) is 5.82 Å². The minimum Gasteiger partial charge on any atom is -0.333 e. The van der Waals surface area contributed by atoms with Gasteiger partial charge in [0.25, 0.3) is 11.8 Å². The number of aromatic nitrogens is 3. The van der Waals surface area contributed by atoms with Crippen LogP contribution in [0.25, 0.3) is 22.2 Å². The van der Waals surface area contributed by atoms with Crippen molar-refractivity contribution in [3.05, 3.63) is 71.2 Å². The van der Waals surface area contributed by atoms with Crippen molar-refractivity contribution in [3.63, 3.8) is 0 Å². The Kier molecular flexibility index (Phi) is 4.70. The van der Waals surface area contributed by atoms with Gasteiger partial charge in [0.15, 0.2) is 5.13 Å². The third kappa shape index (κ3) is 3.54. The van der Waals surface area contributed by atoms with Crippen molar-refractivity contribution in [1.82, 2.24) is 15.1 Å². The van der Waals surface area contributed by atoms with E-state index < -0.39 is 11.7 Å². The first-order valence-corrected chi connectivity index (χ1v) is 9.27. The molecule has 0 spiro atoms. The molecule has 0 aliphatic carbocycles. The number of rotatable bonds is 4. The van der Waals surface area contributed by atoms with E-state index in [-0.39, 0.29) is 5.56 Å². The highest BCUT2D eigenvalue weighted by Crippen LogP contribution is 2.33. The molecule has 2 heterocycles. The maximum Gasteiger partial charge on any atom is 0.270 e. The highest BCUT2D eigenvalue weighted by Gasteiger charge is 2.19. The van der Waals surface area contributed by atoms with Crippen molar-refractivity contribution in [2.45, 2.75) is 13.8 Å². The molecule has 4 aromatic rings. The van der Waals surface area contributed by atoms with Gasteiger partial charge >= 0.3 is 0 Å². The van der Waals surface area contributed by atoms with Crippen LogP contribution in [0.2, 0.25) is 0 Å². The van der Waals surface area contributed by atoms with Crippen molar-refractivity contribution < 1.29 is 13.7 Å². The van der Waals surface area contributed by atoms with E-state index in [1.807, 2.05) is 31.2 Å². The molecule has 0 radical (unpaired) electrons. The SMILES string of the molecule is Cc1cccc(-c2noc(-c3sc(NC(=O)c4ccccc4F)nc3C)n2)c1. The fourth-order valence-corrected chi connectivity index (χ4v) is 3.56. The van der Waals surface area contributed by atoms with E-state index in [4.69, 9.17) is 4.52 Å². The lowest BCUT2D eigenvalue weighted by Gasteiger charge is -2.02. The molecule has 0 bridgehead atoms. The van der Waals surface area contributed by atoms with Gasteiger partial charge in [-0.3, -0.25) is 10.1 Å². The predicted molar refractivity (Wildman–Crippen MR) is 105 cm³/mol. The van der Waals surface area contributed by atoms with Crippen LogP contribution in [0, 0.1) is 19.7 Å². The number of nitrogens with one attached hydrogen (secondary N) is 1. The van der Waals surface area contributed by atoms with Crippen LogP contribution in [0.4, 0.5) is 9.52 Å². The lowest BCUT2D eigenvalue weighted by molar-refractivity contribution is 0.102. The summed E-state index contributed by atoms with van der Waals surface area (Å²) < 4.78 is 19.2. The molecule has 0 atom stereocenters. The number of amides is 1. The zero-order chi connectivity index (χ0) is 19.7. The summed E-state index contributed by atoms with van der Waals surface area (Å²) in [6.07, 6.45) is 0. The minimum atomic E-state index is -0.590. The number of carbonyl (C=O) groups is 1. The van der Waals surface area contributed by atoms with Crippen molar-refractivity contribution in [1.29, 1.82) is 0 Å². The van der Waals surface area contributed by atoms with E-state index in [1.54, 1.807) is 13.0 Å². The highest BCUT2D eigenvalue weighted by molar-refractivity contribution is 7.19. The average molecular weight is 394 g/mol. The quantitative estimate of drug-likeness (QED) is 0.534. The number of nitrogens with zero attached hydrogens (tertiary/aromatic N) is 3. The number of carbonyl (C=O) groups excluding carboxylic acids is 1. The number of aryl methyl sites for hydroxylation is 2. The molecule has 0 saturated heterocycles. The second-order valence-corrected chi connectivity index (χ2v) is 7.16. The van der Waals surface area contributed by atoms with E-state index in [9.17, 15) is 9.18 Å². The van der Waals surface area contributed by atoms with Crippen LogP contribution in [-0.4, -0.2) is 21.0 Å². The van der Waals surface area contributed by atoms with Crippen LogP contribution < -0.4 is 5.32 Å². The Morgan fingerprint density at radius 1 is 1.11 bits per heavy atom. The van der Waals surface area contributed by atoms with Gasteiger partial charge in [-0.15, -0.1) is 0 Å². The standard InChI is InChI=1S/C20H15FN4O2S/c1-11-6-5-7-13(10-11)17-23-19(27-25-17)16-12(2)22-20(28-16)24-18(26)14-8-3-4-9-15(14)21/h3-10H,1-2H3,(H,22,24,26). The normalized spacial score (nSPS) is 10.8. The molecule has 1 amide bonds. The van der Waals surface area contributed by atoms with Crippen LogP contribution in [0.5, 0.6) is 0 Å². The maximum absolute atomic E-state index is 13.8. The Balaban J connectivity index is 1.58. The number of benzene rings is 2. The molecule has 140 valence electrons. The Morgan fingerprint density at radius 3 is 2.71 bits per heavy atom. The minimum absolute atomic E-state index is 0.0450. The Labute approximate surface area is 164 Å². The zero-order valence-electron chi connectivity index (χ0n) is 15.1. The highest BCUT2D eigenvalue weighted by atomic mass is 32.1. The summed E-state index contributed by atoms with van der Waals surface area (Å²) in [5, 5.41) is 6.97. The van der Waals surface area contributed by atoms with E-state index in [0.717, 1.165) is 11.1 Å². The van der Waals surface area contributed by atoms with E-state index >= 15 is 0 Å². The third-order valence-corrected chi connectivity index (χ3v) is 5.09. The molecule has 0 fully saturated rings. The first kappa shape index (κ1) is 18.0. The summed E-state index contributed by atoms with van der Waals surface area (Å²) in [6.45, 7) is 3.77. The molecule has 4 rings (SSSR count). The van der Waals surface area contributed by atoms with Crippen LogP contribution in [0.3, 0.4) is 0 Å². The maximum atomic E-state index is 13.8. The van der Waals surface area contributed by atoms with Gasteiger partial charge in [-0.1, -0.05) is 52.4 Å². The second-order valence-electron chi connectivity index (χ2n) is 6.16. The average Bonchev–Trinajstić information content (AvgIpc) is 3.28. The first-order valence-electron chi connectivity index (χ1n) is 8.45. The van der Waals surface area contributed by atoms with Gasteiger partial charge in [0.1, 0.15) is 10.7 Å². The van der Waals surface area contributed by atoms with Gasteiger partial charge in [0.05, 0.1) is 11.3 Å². The summed E-state index contributed by atoms with van der Waals surface area (Å²) >= 11 is 1.19. The van der Waals surface area contributed by atoms with Crippen molar-refractivity contribution in [2.75, 3.05) is 5.32 Å². The number of halogens is 1. The van der Waals surface area contributed by atoms with Gasteiger partial charge in [-0.2, -0.15) is 4.98 Å². The molecular formula is C20H15FN4O2S. The number of hydrogen-bond donors (Lipinski definition) is 1. The Morgan fingerprint density at radius 2 is 1.93 bits per heavy atom. The summed E-state index contributed by atoms with van der Waals surface area (Å²) in [5.41, 5.74) is 2.53. The third-order valence-electron chi connectivity index (χ3n) is 4.03. The Bertz CT molecular complexity index is 1170. The molecule has 28 heavy (non-hydrogen) atoms. The summed E-state index contributed by atoms with van der Waals surface area (Å²) in [4.78, 5) is 21.7. The van der Waals surface area contributed by atoms with Crippen LogP contribution >= 0.6 is 11.3 Å². The smallest absolute Gasteiger partial charge is 0.270 e. The molecule has 6 nitrogen and oxygen atoms in total. The fraction of sp³-hybridized carbons (Fsp3) is 0.100. The lowest BCUT2D eigenvalue weighted by atomic mass is 10.1. The molecule has 2 aromatic carbocycles. The zero-order valence-corrected chi connectivity index (χ0v) is 15.9. The molecule has 0 unspecified atom stereocenters. The first-order chi connectivity index (χ1) is 13.5. The molecular weight excluding hydrogens is 379 g/mol. The second kappa shape index (κ2) is 7.32. The number of hydrogen-bond acceptors (Lipinski definition) is 6. The van der Waals surface area contributed by atoms with E-state index in [1.165, 1.54) is 29.5 Å². The molecule has 1 N–H and O–H groups in total. The lowest BCUT2D eigenvalue weighted by Crippen LogP contribution is -2.13.